The Morgan fingerprint density at radius 3 is 2.54 bits per heavy atom. The first-order valence-electron chi connectivity index (χ1n) is 13.3. The lowest BCUT2D eigenvalue weighted by Crippen LogP contribution is -2.57. The lowest BCUT2D eigenvalue weighted by atomic mass is 9.84. The Morgan fingerprint density at radius 2 is 1.81 bits per heavy atom. The number of nitrogens with zero attached hydrogens (tertiary/aromatic N) is 3. The van der Waals surface area contributed by atoms with Gasteiger partial charge in [-0.1, -0.05) is 36.4 Å². The molecule has 1 aliphatic carbocycles. The number of benzene rings is 3. The first kappa shape index (κ1) is 24.3. The first-order chi connectivity index (χ1) is 18.0. The van der Waals surface area contributed by atoms with Crippen LogP contribution in [-0.2, 0) is 16.0 Å². The molecule has 0 bridgehead atoms. The lowest BCUT2D eigenvalue weighted by Gasteiger charge is -2.45. The fraction of sp³-hybridized carbons (Fsp3) is 0.433. The lowest BCUT2D eigenvalue weighted by molar-refractivity contribution is -0.135. The summed E-state index contributed by atoms with van der Waals surface area (Å²) >= 11 is 0. The monoisotopic (exact) mass is 503 g/mol. The topological polar surface area (TPSA) is 56.3 Å². The molecule has 6 nitrogen and oxygen atoms in total. The third kappa shape index (κ3) is 4.19. The van der Waals surface area contributed by atoms with Gasteiger partial charge in [-0.15, -0.1) is 0 Å². The number of anilines is 1. The van der Waals surface area contributed by atoms with Gasteiger partial charge in [0.25, 0.3) is 0 Å². The van der Waals surface area contributed by atoms with Crippen LogP contribution in [0.25, 0.3) is 10.8 Å². The van der Waals surface area contributed by atoms with Crippen molar-refractivity contribution in [1.82, 2.24) is 9.80 Å². The molecule has 37 heavy (non-hydrogen) atoms. The van der Waals surface area contributed by atoms with Crippen LogP contribution < -0.4 is 4.90 Å². The van der Waals surface area contributed by atoms with Crippen LogP contribution in [0.15, 0.2) is 60.7 Å². The number of aliphatic hydroxyl groups is 1. The summed E-state index contributed by atoms with van der Waals surface area (Å²) in [6.07, 6.45) is 1.62. The highest BCUT2D eigenvalue weighted by molar-refractivity contribution is 5.94. The van der Waals surface area contributed by atoms with E-state index < -0.39 is 11.6 Å². The number of hydrogen-bond donors (Lipinski definition) is 1. The second-order valence-electron chi connectivity index (χ2n) is 10.5. The van der Waals surface area contributed by atoms with Gasteiger partial charge < -0.3 is 19.6 Å². The zero-order valence-corrected chi connectivity index (χ0v) is 21.3. The van der Waals surface area contributed by atoms with Gasteiger partial charge in [0.1, 0.15) is 11.4 Å². The van der Waals surface area contributed by atoms with Crippen molar-refractivity contribution in [1.29, 1.82) is 0 Å². The minimum atomic E-state index is -0.744. The van der Waals surface area contributed by atoms with E-state index in [0.29, 0.717) is 32.2 Å². The number of halogens is 1. The molecule has 3 aromatic rings. The predicted molar refractivity (Wildman–Crippen MR) is 142 cm³/mol. The number of likely N-dealkylation sites (tertiary alicyclic amines) is 1. The molecule has 2 aliphatic heterocycles. The molecule has 0 unspecified atom stereocenters. The van der Waals surface area contributed by atoms with E-state index in [1.807, 2.05) is 6.92 Å². The third-order valence-corrected chi connectivity index (χ3v) is 8.46. The summed E-state index contributed by atoms with van der Waals surface area (Å²) in [6, 6.07) is 19.9. The number of piperidine rings is 1. The van der Waals surface area contributed by atoms with E-state index in [0.717, 1.165) is 25.2 Å². The summed E-state index contributed by atoms with van der Waals surface area (Å²) < 4.78 is 19.1. The molecule has 7 heteroatoms. The highest BCUT2D eigenvalue weighted by atomic mass is 19.1. The van der Waals surface area contributed by atoms with Crippen LogP contribution in [0, 0.1) is 5.82 Å². The fourth-order valence-corrected chi connectivity index (χ4v) is 6.66. The Hall–Kier alpha value is -3.00. The Bertz CT molecular complexity index is 1280. The average Bonchev–Trinajstić information content (AvgIpc) is 3.42. The summed E-state index contributed by atoms with van der Waals surface area (Å²) in [5.74, 6) is -0.249. The number of β-amino-alcohol motifs (C(OH)–C–C–N with tert-alkyl or cyclic N) is 1. The van der Waals surface area contributed by atoms with Crippen molar-refractivity contribution < 1.29 is 19.0 Å². The van der Waals surface area contributed by atoms with Crippen LogP contribution in [0.4, 0.5) is 10.1 Å². The predicted octanol–water partition coefficient (Wildman–Crippen LogP) is 4.11. The number of carbonyl (C=O) groups is 1. The molecule has 0 saturated carbocycles. The number of aliphatic hydroxyl groups excluding tert-OH is 1. The molecule has 0 radical (unpaired) electrons. The Balaban J connectivity index is 1.25. The molecular formula is C30H34FN3O3. The van der Waals surface area contributed by atoms with Gasteiger partial charge in [0.2, 0.25) is 5.91 Å². The van der Waals surface area contributed by atoms with Gasteiger partial charge in [-0.3, -0.25) is 9.69 Å². The molecule has 1 spiro atoms. The van der Waals surface area contributed by atoms with Gasteiger partial charge in [0.15, 0.2) is 0 Å². The molecule has 3 aromatic carbocycles. The zero-order valence-electron chi connectivity index (χ0n) is 21.3. The van der Waals surface area contributed by atoms with E-state index in [-0.39, 0.29) is 24.9 Å². The van der Waals surface area contributed by atoms with Crippen LogP contribution in [0.3, 0.4) is 0 Å². The minimum absolute atomic E-state index is 0.0452. The fourth-order valence-electron chi connectivity index (χ4n) is 6.66. The van der Waals surface area contributed by atoms with Crippen molar-refractivity contribution in [3.8, 4) is 0 Å². The van der Waals surface area contributed by atoms with Crippen molar-refractivity contribution in [2.75, 3.05) is 44.4 Å². The molecule has 3 aliphatic rings. The standard InChI is InChI=1S/C30H34FN3O3/c1-2-37-19-25(35)18-33-20-34(24-11-9-23(31)10-12-24)30(29(33)36)13-15-32(16-14-30)27-17-22-7-3-5-21-6-4-8-26(27)28(21)22/h3-12,25,27,35H,2,13-20H2,1H3/t25-,27-/m1/s1. The van der Waals surface area contributed by atoms with Crippen molar-refractivity contribution in [2.24, 2.45) is 0 Å². The van der Waals surface area contributed by atoms with Crippen LogP contribution >= 0.6 is 0 Å². The number of ether oxygens (including phenoxy) is 1. The third-order valence-electron chi connectivity index (χ3n) is 8.46. The Labute approximate surface area is 217 Å². The van der Waals surface area contributed by atoms with Crippen molar-refractivity contribution in [3.05, 3.63) is 77.6 Å². The van der Waals surface area contributed by atoms with Gasteiger partial charge in [0.05, 0.1) is 25.9 Å². The SMILES string of the molecule is CCOC[C@H](O)CN1CN(c2ccc(F)cc2)C2(CCN([C@@H]3Cc4cccc5cccc3c45)CC2)C1=O. The van der Waals surface area contributed by atoms with Crippen molar-refractivity contribution in [2.45, 2.75) is 43.9 Å². The summed E-state index contributed by atoms with van der Waals surface area (Å²) in [5.41, 5.74) is 2.93. The van der Waals surface area contributed by atoms with Gasteiger partial charge in [-0.2, -0.15) is 0 Å². The first-order valence-corrected chi connectivity index (χ1v) is 13.3. The van der Waals surface area contributed by atoms with Gasteiger partial charge >= 0.3 is 0 Å². The summed E-state index contributed by atoms with van der Waals surface area (Å²) in [7, 11) is 0. The van der Waals surface area contributed by atoms with E-state index in [9.17, 15) is 14.3 Å². The summed E-state index contributed by atoms with van der Waals surface area (Å²) in [6.45, 7) is 4.80. The maximum Gasteiger partial charge on any atom is 0.250 e. The second kappa shape index (κ2) is 9.71. The highest BCUT2D eigenvalue weighted by Crippen LogP contribution is 2.45. The minimum Gasteiger partial charge on any atom is -0.389 e. The molecule has 2 fully saturated rings. The second-order valence-corrected chi connectivity index (χ2v) is 10.5. The molecule has 0 aromatic heterocycles. The largest absolute Gasteiger partial charge is 0.389 e. The van der Waals surface area contributed by atoms with E-state index in [4.69, 9.17) is 4.74 Å². The van der Waals surface area contributed by atoms with Crippen LogP contribution in [0.5, 0.6) is 0 Å². The molecule has 2 saturated heterocycles. The number of amides is 1. The van der Waals surface area contributed by atoms with E-state index in [1.165, 1.54) is 34.0 Å². The van der Waals surface area contributed by atoms with Crippen molar-refractivity contribution in [3.63, 3.8) is 0 Å². The molecule has 1 amide bonds. The molecule has 6 rings (SSSR count). The van der Waals surface area contributed by atoms with E-state index in [1.54, 1.807) is 17.0 Å². The Morgan fingerprint density at radius 1 is 1.08 bits per heavy atom. The number of rotatable bonds is 7. The van der Waals surface area contributed by atoms with Gasteiger partial charge in [-0.25, -0.2) is 4.39 Å². The zero-order chi connectivity index (χ0) is 25.6. The molecule has 1 N–H and O–H groups in total. The van der Waals surface area contributed by atoms with E-state index in [2.05, 4.69) is 46.2 Å². The van der Waals surface area contributed by atoms with E-state index >= 15 is 0 Å². The van der Waals surface area contributed by atoms with Crippen LogP contribution in [-0.4, -0.2) is 72.0 Å². The van der Waals surface area contributed by atoms with Gasteiger partial charge in [0, 0.05) is 31.4 Å². The quantitative estimate of drug-likeness (QED) is 0.526. The Kier molecular flexibility index (Phi) is 6.39. The summed E-state index contributed by atoms with van der Waals surface area (Å²) in [4.78, 5) is 20.3. The molecule has 2 heterocycles. The maximum atomic E-state index is 13.9. The highest BCUT2D eigenvalue weighted by Gasteiger charge is 2.54. The van der Waals surface area contributed by atoms with Crippen molar-refractivity contribution >= 4 is 22.4 Å². The van der Waals surface area contributed by atoms with Gasteiger partial charge in [-0.05, 0) is 72.4 Å². The van der Waals surface area contributed by atoms with Crippen LogP contribution in [0.1, 0.15) is 36.9 Å². The smallest absolute Gasteiger partial charge is 0.250 e. The molecule has 2 atom stereocenters. The number of carbonyl (C=O) groups excluding carboxylic acids is 1. The maximum absolute atomic E-state index is 13.9. The van der Waals surface area contributed by atoms with Crippen LogP contribution in [0.2, 0.25) is 0 Å². The number of hydrogen-bond acceptors (Lipinski definition) is 5. The normalized spacial score (nSPS) is 21.9. The summed E-state index contributed by atoms with van der Waals surface area (Å²) in [5, 5.41) is 13.2. The average molecular weight is 504 g/mol. The molecular weight excluding hydrogens is 469 g/mol. The molecule has 194 valence electrons.